The van der Waals surface area contributed by atoms with Crippen LogP contribution in [0.15, 0.2) is 42.5 Å². The van der Waals surface area contributed by atoms with Gasteiger partial charge in [0, 0.05) is 11.9 Å². The standard InChI is InChI=1S/C21H19ClN4O4/c1-12-9-19(23)26(30-24)17-11-16(22)18(10-15(12)17)29-8-4-7-25-20(27)13-5-2-3-6-14(13)21(25)28/h2-3,5-6,9-11,23H,4,7-8,24H2,1H3. The van der Waals surface area contributed by atoms with Crippen molar-refractivity contribution in [2.45, 2.75) is 13.3 Å². The van der Waals surface area contributed by atoms with Gasteiger partial charge in [-0.3, -0.25) is 19.9 Å². The number of aromatic nitrogens is 1. The Morgan fingerprint density at radius 3 is 2.40 bits per heavy atom. The zero-order chi connectivity index (χ0) is 21.4. The number of nitrogens with two attached hydrogens (primary N) is 1. The van der Waals surface area contributed by atoms with Gasteiger partial charge in [-0.2, -0.15) is 0 Å². The highest BCUT2D eigenvalue weighted by Gasteiger charge is 2.34. The topological polar surface area (TPSA) is 111 Å². The van der Waals surface area contributed by atoms with Crippen LogP contribution in [0, 0.1) is 12.3 Å². The summed E-state index contributed by atoms with van der Waals surface area (Å²) < 4.78 is 6.97. The molecule has 9 heteroatoms. The number of imide groups is 1. The summed E-state index contributed by atoms with van der Waals surface area (Å²) in [5.41, 5.74) is 2.34. The van der Waals surface area contributed by atoms with E-state index >= 15 is 0 Å². The number of benzene rings is 2. The van der Waals surface area contributed by atoms with Gasteiger partial charge in [-0.25, -0.2) is 0 Å². The molecular weight excluding hydrogens is 408 g/mol. The Bertz CT molecular complexity index is 1200. The van der Waals surface area contributed by atoms with Crippen LogP contribution in [0.2, 0.25) is 5.02 Å². The largest absolute Gasteiger partial charge is 0.492 e. The predicted molar refractivity (Wildman–Crippen MR) is 110 cm³/mol. The minimum Gasteiger partial charge on any atom is -0.492 e. The Balaban J connectivity index is 1.46. The molecule has 154 valence electrons. The highest BCUT2D eigenvalue weighted by molar-refractivity contribution is 6.32. The number of halogens is 1. The predicted octanol–water partition coefficient (Wildman–Crippen LogP) is 2.45. The van der Waals surface area contributed by atoms with Crippen molar-refractivity contribution in [1.29, 1.82) is 5.41 Å². The van der Waals surface area contributed by atoms with Crippen LogP contribution in [0.3, 0.4) is 0 Å². The molecule has 0 radical (unpaired) electrons. The smallest absolute Gasteiger partial charge is 0.261 e. The first-order valence-corrected chi connectivity index (χ1v) is 9.66. The number of nitrogens with zero attached hydrogens (tertiary/aromatic N) is 2. The molecule has 0 unspecified atom stereocenters. The molecule has 3 aromatic rings. The number of rotatable bonds is 6. The quantitative estimate of drug-likeness (QED) is 0.357. The molecule has 1 aliphatic heterocycles. The number of amides is 2. The molecule has 2 heterocycles. The van der Waals surface area contributed by atoms with Gasteiger partial charge < -0.3 is 9.68 Å². The monoisotopic (exact) mass is 426 g/mol. The fraction of sp³-hybridized carbons (Fsp3) is 0.190. The van der Waals surface area contributed by atoms with Crippen LogP contribution < -0.4 is 21.1 Å². The van der Waals surface area contributed by atoms with Gasteiger partial charge >= 0.3 is 0 Å². The first kappa shape index (κ1) is 19.9. The van der Waals surface area contributed by atoms with E-state index in [1.165, 1.54) is 9.63 Å². The van der Waals surface area contributed by atoms with Crippen molar-refractivity contribution < 1.29 is 19.3 Å². The molecule has 8 nitrogen and oxygen atoms in total. The van der Waals surface area contributed by atoms with Crippen molar-refractivity contribution in [2.24, 2.45) is 5.90 Å². The average molecular weight is 427 g/mol. The van der Waals surface area contributed by atoms with Crippen molar-refractivity contribution in [3.63, 3.8) is 0 Å². The van der Waals surface area contributed by atoms with Gasteiger partial charge in [-0.1, -0.05) is 23.7 Å². The van der Waals surface area contributed by atoms with Crippen molar-refractivity contribution in [2.75, 3.05) is 13.2 Å². The van der Waals surface area contributed by atoms with Crippen LogP contribution in [0.1, 0.15) is 32.7 Å². The normalized spacial score (nSPS) is 13.1. The summed E-state index contributed by atoms with van der Waals surface area (Å²) in [6.45, 7) is 2.38. The molecule has 1 aliphatic rings. The second kappa shape index (κ2) is 7.81. The van der Waals surface area contributed by atoms with Crippen molar-refractivity contribution >= 4 is 34.3 Å². The van der Waals surface area contributed by atoms with E-state index < -0.39 is 0 Å². The average Bonchev–Trinajstić information content (AvgIpc) is 2.97. The van der Waals surface area contributed by atoms with Crippen LogP contribution in [-0.4, -0.2) is 34.6 Å². The zero-order valence-corrected chi connectivity index (χ0v) is 16.9. The fourth-order valence-corrected chi connectivity index (χ4v) is 3.78. The number of hydrogen-bond donors (Lipinski definition) is 2. The molecular formula is C21H19ClN4O4. The van der Waals surface area contributed by atoms with Gasteiger partial charge in [-0.05, 0) is 49.2 Å². The number of pyridine rings is 1. The van der Waals surface area contributed by atoms with Gasteiger partial charge in [0.2, 0.25) is 0 Å². The third kappa shape index (κ3) is 3.30. The third-order valence-corrected chi connectivity index (χ3v) is 5.33. The maximum atomic E-state index is 12.4. The van der Waals surface area contributed by atoms with Gasteiger partial charge in [0.25, 0.3) is 11.8 Å². The van der Waals surface area contributed by atoms with E-state index in [9.17, 15) is 9.59 Å². The van der Waals surface area contributed by atoms with Crippen LogP contribution in [0.5, 0.6) is 5.75 Å². The number of fused-ring (bicyclic) bond motifs is 2. The second-order valence-corrected chi connectivity index (χ2v) is 7.33. The lowest BCUT2D eigenvalue weighted by Gasteiger charge is -2.16. The van der Waals surface area contributed by atoms with Crippen LogP contribution >= 0.6 is 11.6 Å². The Labute approximate surface area is 176 Å². The molecule has 3 N–H and O–H groups in total. The SMILES string of the molecule is Cc1cc(=N)n(ON)c2cc(Cl)c(OCCCN3C(=O)c4ccccc4C3=O)cc12. The fourth-order valence-electron chi connectivity index (χ4n) is 3.57. The molecule has 0 aliphatic carbocycles. The first-order valence-electron chi connectivity index (χ1n) is 9.28. The lowest BCUT2D eigenvalue weighted by atomic mass is 10.1. The first-order chi connectivity index (χ1) is 14.4. The van der Waals surface area contributed by atoms with Crippen molar-refractivity contribution in [1.82, 2.24) is 9.63 Å². The number of ether oxygens (including phenoxy) is 1. The van der Waals surface area contributed by atoms with Crippen LogP contribution in [-0.2, 0) is 0 Å². The summed E-state index contributed by atoms with van der Waals surface area (Å²) in [5, 5.41) is 9.05. The van der Waals surface area contributed by atoms with E-state index in [1.807, 2.05) is 6.92 Å². The summed E-state index contributed by atoms with van der Waals surface area (Å²) >= 11 is 6.34. The highest BCUT2D eigenvalue weighted by Crippen LogP contribution is 2.31. The Morgan fingerprint density at radius 2 is 1.77 bits per heavy atom. The number of carbonyl (C=O) groups is 2. The van der Waals surface area contributed by atoms with E-state index in [4.69, 9.17) is 32.6 Å². The minimum atomic E-state index is -0.285. The summed E-state index contributed by atoms with van der Waals surface area (Å²) in [5.74, 6) is 5.16. The van der Waals surface area contributed by atoms with E-state index in [0.717, 1.165) is 10.9 Å². The van der Waals surface area contributed by atoms with Gasteiger partial charge in [-0.15, -0.1) is 10.6 Å². The zero-order valence-electron chi connectivity index (χ0n) is 16.1. The van der Waals surface area contributed by atoms with E-state index in [0.29, 0.717) is 33.8 Å². The molecule has 2 amide bonds. The molecule has 0 saturated heterocycles. The van der Waals surface area contributed by atoms with Gasteiger partial charge in [0.15, 0.2) is 5.49 Å². The Hall–Kier alpha value is -3.36. The molecule has 0 bridgehead atoms. The molecule has 4 rings (SSSR count). The lowest BCUT2D eigenvalue weighted by Crippen LogP contribution is -2.31. The van der Waals surface area contributed by atoms with Crippen LogP contribution in [0.4, 0.5) is 0 Å². The van der Waals surface area contributed by atoms with Crippen LogP contribution in [0.25, 0.3) is 10.9 Å². The number of nitrogens with one attached hydrogen (secondary N) is 1. The molecule has 0 saturated carbocycles. The molecule has 0 atom stereocenters. The van der Waals surface area contributed by atoms with Crippen molar-refractivity contribution in [3.8, 4) is 5.75 Å². The Morgan fingerprint density at radius 1 is 1.10 bits per heavy atom. The molecule has 30 heavy (non-hydrogen) atoms. The van der Waals surface area contributed by atoms with Gasteiger partial charge in [0.05, 0.1) is 28.3 Å². The number of carbonyl (C=O) groups excluding carboxylic acids is 2. The maximum absolute atomic E-state index is 12.4. The number of hydrogen-bond acceptors (Lipinski definition) is 6. The van der Waals surface area contributed by atoms with E-state index in [-0.39, 0.29) is 30.5 Å². The molecule has 0 fully saturated rings. The Kier molecular flexibility index (Phi) is 5.19. The number of aryl methyl sites for hydroxylation is 1. The molecule has 2 aromatic carbocycles. The summed E-state index contributed by atoms with van der Waals surface area (Å²) in [6.07, 6.45) is 0.455. The summed E-state index contributed by atoms with van der Waals surface area (Å²) in [6, 6.07) is 11.8. The third-order valence-electron chi connectivity index (χ3n) is 5.03. The van der Waals surface area contributed by atoms with E-state index in [2.05, 4.69) is 0 Å². The highest BCUT2D eigenvalue weighted by atomic mass is 35.5. The lowest BCUT2D eigenvalue weighted by molar-refractivity contribution is 0.0646. The minimum absolute atomic E-state index is 0.0909. The van der Waals surface area contributed by atoms with Gasteiger partial charge in [0.1, 0.15) is 5.75 Å². The summed E-state index contributed by atoms with van der Waals surface area (Å²) in [7, 11) is 0. The van der Waals surface area contributed by atoms with E-state index in [1.54, 1.807) is 42.5 Å². The van der Waals surface area contributed by atoms with Crippen molar-refractivity contribution in [3.05, 3.63) is 69.7 Å². The summed E-state index contributed by atoms with van der Waals surface area (Å²) in [4.78, 5) is 30.8. The molecule has 0 spiro atoms. The maximum Gasteiger partial charge on any atom is 0.261 e. The molecule has 1 aromatic heterocycles. The second-order valence-electron chi connectivity index (χ2n) is 6.92.